The van der Waals surface area contributed by atoms with Gasteiger partial charge in [0.05, 0.1) is 0 Å². The van der Waals surface area contributed by atoms with Gasteiger partial charge in [-0.3, -0.25) is 0 Å². The van der Waals surface area contributed by atoms with Crippen LogP contribution in [-0.2, 0) is 11.8 Å². The number of hydrogen-bond acceptors (Lipinski definition) is 0. The second kappa shape index (κ2) is 4.20. The van der Waals surface area contributed by atoms with E-state index in [0.29, 0.717) is 16.8 Å². The van der Waals surface area contributed by atoms with Crippen LogP contribution in [0.25, 0.3) is 0 Å². The van der Waals surface area contributed by atoms with Crippen LogP contribution in [0.4, 0.5) is 0 Å². The molecule has 0 fully saturated rings. The summed E-state index contributed by atoms with van der Waals surface area (Å²) >= 11 is 17.2. The summed E-state index contributed by atoms with van der Waals surface area (Å²) in [6.45, 7) is 0. The maximum atomic E-state index is 5.87. The number of rotatable bonds is 2. The van der Waals surface area contributed by atoms with Crippen molar-refractivity contribution in [2.24, 2.45) is 0 Å². The average Bonchev–Trinajstić information content (AvgIpc) is 2.04. The first-order valence-electron chi connectivity index (χ1n) is 3.17. The average molecular weight is 210 g/mol. The van der Waals surface area contributed by atoms with E-state index in [2.05, 4.69) is 0 Å². The van der Waals surface area contributed by atoms with Crippen LogP contribution < -0.4 is 0 Å². The number of halogens is 3. The fourth-order valence-corrected chi connectivity index (χ4v) is 1.77. The first-order chi connectivity index (χ1) is 5.29. The highest BCUT2D eigenvalue weighted by Gasteiger charge is 2.03. The van der Waals surface area contributed by atoms with Crippen molar-refractivity contribution < 1.29 is 0 Å². The highest BCUT2D eigenvalue weighted by atomic mass is 35.5. The lowest BCUT2D eigenvalue weighted by molar-refractivity contribution is 1.27. The summed E-state index contributed by atoms with van der Waals surface area (Å²) in [7, 11) is 0. The van der Waals surface area contributed by atoms with Crippen LogP contribution in [-0.4, -0.2) is 0 Å². The largest absolute Gasteiger partial charge is 0.122 e. The zero-order chi connectivity index (χ0) is 8.27. The summed E-state index contributed by atoms with van der Waals surface area (Å²) in [6, 6.07) is 5.61. The number of alkyl halides is 2. The van der Waals surface area contributed by atoms with Crippen molar-refractivity contribution >= 4 is 34.8 Å². The van der Waals surface area contributed by atoms with Crippen LogP contribution >= 0.6 is 34.8 Å². The molecule has 1 aromatic carbocycles. The number of benzene rings is 1. The van der Waals surface area contributed by atoms with Crippen molar-refractivity contribution in [2.45, 2.75) is 11.8 Å². The SMILES string of the molecule is ClCc1cccc(Cl)c1CCl. The Morgan fingerprint density at radius 1 is 1.09 bits per heavy atom. The van der Waals surface area contributed by atoms with Gasteiger partial charge in [0.15, 0.2) is 0 Å². The fourth-order valence-electron chi connectivity index (χ4n) is 0.878. The summed E-state index contributed by atoms with van der Waals surface area (Å²) in [5.41, 5.74) is 1.94. The molecule has 0 aliphatic heterocycles. The van der Waals surface area contributed by atoms with E-state index in [9.17, 15) is 0 Å². The van der Waals surface area contributed by atoms with Gasteiger partial charge in [0.25, 0.3) is 0 Å². The van der Waals surface area contributed by atoms with Crippen LogP contribution in [0.15, 0.2) is 18.2 Å². The normalized spacial score (nSPS) is 10.1. The molecule has 1 rings (SSSR count). The minimum atomic E-state index is 0.418. The smallest absolute Gasteiger partial charge is 0.0492 e. The summed E-state index contributed by atoms with van der Waals surface area (Å²) < 4.78 is 0. The molecular formula is C8H7Cl3. The zero-order valence-electron chi connectivity index (χ0n) is 5.78. The third kappa shape index (κ3) is 2.02. The van der Waals surface area contributed by atoms with Gasteiger partial charge < -0.3 is 0 Å². The van der Waals surface area contributed by atoms with E-state index in [1.54, 1.807) is 0 Å². The summed E-state index contributed by atoms with van der Waals surface area (Å²) in [6.07, 6.45) is 0. The lowest BCUT2D eigenvalue weighted by Crippen LogP contribution is -1.88. The van der Waals surface area contributed by atoms with Crippen molar-refractivity contribution in [1.29, 1.82) is 0 Å². The second-order valence-corrected chi connectivity index (χ2v) is 3.09. The van der Waals surface area contributed by atoms with E-state index in [0.717, 1.165) is 11.1 Å². The minimum Gasteiger partial charge on any atom is -0.122 e. The van der Waals surface area contributed by atoms with Gasteiger partial charge in [-0.2, -0.15) is 0 Å². The van der Waals surface area contributed by atoms with Crippen LogP contribution in [0.5, 0.6) is 0 Å². The summed E-state index contributed by atoms with van der Waals surface area (Å²) in [5, 5.41) is 0.693. The van der Waals surface area contributed by atoms with Gasteiger partial charge in [0.2, 0.25) is 0 Å². The van der Waals surface area contributed by atoms with Gasteiger partial charge >= 0.3 is 0 Å². The van der Waals surface area contributed by atoms with E-state index in [4.69, 9.17) is 34.8 Å². The quantitative estimate of drug-likeness (QED) is 0.650. The van der Waals surface area contributed by atoms with Crippen LogP contribution in [0, 0.1) is 0 Å². The van der Waals surface area contributed by atoms with Crippen molar-refractivity contribution in [3.05, 3.63) is 34.3 Å². The molecule has 1 aromatic rings. The van der Waals surface area contributed by atoms with Crippen LogP contribution in [0.2, 0.25) is 5.02 Å². The highest BCUT2D eigenvalue weighted by molar-refractivity contribution is 6.32. The molecule has 0 aliphatic carbocycles. The van der Waals surface area contributed by atoms with Crippen LogP contribution in [0.1, 0.15) is 11.1 Å². The lowest BCUT2D eigenvalue weighted by atomic mass is 10.1. The molecule has 0 nitrogen and oxygen atoms in total. The van der Waals surface area contributed by atoms with Gasteiger partial charge in [-0.25, -0.2) is 0 Å². The first-order valence-corrected chi connectivity index (χ1v) is 4.62. The Hall–Kier alpha value is 0.0900. The molecule has 0 heterocycles. The Morgan fingerprint density at radius 3 is 2.27 bits per heavy atom. The molecule has 0 saturated carbocycles. The third-order valence-corrected chi connectivity index (χ3v) is 2.40. The summed E-state index contributed by atoms with van der Waals surface area (Å²) in [5.74, 6) is 0.879. The predicted molar refractivity (Wildman–Crippen MR) is 50.6 cm³/mol. The molecule has 0 amide bonds. The molecule has 0 unspecified atom stereocenters. The molecule has 0 spiro atoms. The third-order valence-electron chi connectivity index (χ3n) is 1.49. The lowest BCUT2D eigenvalue weighted by Gasteiger charge is -2.04. The van der Waals surface area contributed by atoms with Gasteiger partial charge in [0, 0.05) is 16.8 Å². The molecule has 11 heavy (non-hydrogen) atoms. The predicted octanol–water partition coefficient (Wildman–Crippen LogP) is 3.82. The van der Waals surface area contributed by atoms with Crippen molar-refractivity contribution in [2.75, 3.05) is 0 Å². The maximum Gasteiger partial charge on any atom is 0.0492 e. The van der Waals surface area contributed by atoms with E-state index in [1.165, 1.54) is 0 Å². The Labute approximate surface area is 81.1 Å². The Morgan fingerprint density at radius 2 is 1.82 bits per heavy atom. The standard InChI is InChI=1S/C8H7Cl3/c9-4-6-2-1-3-8(11)7(6)5-10/h1-3H,4-5H2. The highest BCUT2D eigenvalue weighted by Crippen LogP contribution is 2.22. The van der Waals surface area contributed by atoms with Crippen molar-refractivity contribution in [3.8, 4) is 0 Å². The Balaban J connectivity index is 3.13. The van der Waals surface area contributed by atoms with Crippen LogP contribution in [0.3, 0.4) is 0 Å². The van der Waals surface area contributed by atoms with E-state index in [-0.39, 0.29) is 0 Å². The molecule has 0 aromatic heterocycles. The maximum absolute atomic E-state index is 5.87. The van der Waals surface area contributed by atoms with E-state index in [1.807, 2.05) is 18.2 Å². The van der Waals surface area contributed by atoms with Crippen molar-refractivity contribution in [3.63, 3.8) is 0 Å². The topological polar surface area (TPSA) is 0 Å². The molecule has 60 valence electrons. The molecule has 0 saturated heterocycles. The summed E-state index contributed by atoms with van der Waals surface area (Å²) in [4.78, 5) is 0. The first kappa shape index (κ1) is 9.18. The molecule has 3 heteroatoms. The zero-order valence-corrected chi connectivity index (χ0v) is 8.05. The molecule has 0 N–H and O–H groups in total. The Bertz CT molecular complexity index is 245. The van der Waals surface area contributed by atoms with Gasteiger partial charge in [-0.1, -0.05) is 23.7 Å². The minimum absolute atomic E-state index is 0.418. The Kier molecular flexibility index (Phi) is 3.50. The number of hydrogen-bond donors (Lipinski definition) is 0. The monoisotopic (exact) mass is 208 g/mol. The van der Waals surface area contributed by atoms with Gasteiger partial charge in [0.1, 0.15) is 0 Å². The molecule has 0 radical (unpaired) electrons. The van der Waals surface area contributed by atoms with E-state index >= 15 is 0 Å². The molecular weight excluding hydrogens is 202 g/mol. The van der Waals surface area contributed by atoms with Crippen molar-refractivity contribution in [1.82, 2.24) is 0 Å². The van der Waals surface area contributed by atoms with E-state index < -0.39 is 0 Å². The molecule has 0 atom stereocenters. The molecule has 0 bridgehead atoms. The van der Waals surface area contributed by atoms with Gasteiger partial charge in [-0.05, 0) is 17.2 Å². The van der Waals surface area contributed by atoms with Gasteiger partial charge in [-0.15, -0.1) is 23.2 Å². The molecule has 0 aliphatic rings. The fraction of sp³-hybridized carbons (Fsp3) is 0.250. The second-order valence-electron chi connectivity index (χ2n) is 2.14.